The lowest BCUT2D eigenvalue weighted by molar-refractivity contribution is -0.131. The van der Waals surface area contributed by atoms with E-state index in [2.05, 4.69) is 26.1 Å². The Morgan fingerprint density at radius 2 is 1.88 bits per heavy atom. The van der Waals surface area contributed by atoms with Crippen molar-refractivity contribution in [3.05, 3.63) is 0 Å². The van der Waals surface area contributed by atoms with E-state index in [1.165, 1.54) is 12.8 Å². The average molecular weight is 240 g/mol. The van der Waals surface area contributed by atoms with Crippen LogP contribution < -0.4 is 5.32 Å². The van der Waals surface area contributed by atoms with Gasteiger partial charge in [0.25, 0.3) is 0 Å². The van der Waals surface area contributed by atoms with Crippen molar-refractivity contribution in [2.75, 3.05) is 26.7 Å². The van der Waals surface area contributed by atoms with Gasteiger partial charge in [0.1, 0.15) is 0 Å². The van der Waals surface area contributed by atoms with E-state index in [1.807, 2.05) is 11.9 Å². The minimum absolute atomic E-state index is 0.0973. The van der Waals surface area contributed by atoms with E-state index < -0.39 is 0 Å². The maximum atomic E-state index is 11.9. The normalized spacial score (nSPS) is 18.1. The SMILES string of the molecule is CN(CCC1CCNCC1)C(=O)CC(C)(C)C. The van der Waals surface area contributed by atoms with E-state index in [-0.39, 0.29) is 11.3 Å². The fraction of sp³-hybridized carbons (Fsp3) is 0.929. The molecule has 1 heterocycles. The number of rotatable bonds is 4. The summed E-state index contributed by atoms with van der Waals surface area (Å²) in [4.78, 5) is 13.9. The average Bonchev–Trinajstić information content (AvgIpc) is 2.25. The van der Waals surface area contributed by atoms with E-state index in [0.717, 1.165) is 32.0 Å². The monoisotopic (exact) mass is 240 g/mol. The van der Waals surface area contributed by atoms with Crippen LogP contribution in [0.5, 0.6) is 0 Å². The van der Waals surface area contributed by atoms with E-state index >= 15 is 0 Å². The van der Waals surface area contributed by atoms with Gasteiger partial charge >= 0.3 is 0 Å². The van der Waals surface area contributed by atoms with Crippen molar-refractivity contribution in [1.29, 1.82) is 0 Å². The molecule has 1 aliphatic heterocycles. The molecule has 0 aromatic carbocycles. The zero-order valence-electron chi connectivity index (χ0n) is 11.9. The summed E-state index contributed by atoms with van der Waals surface area (Å²) >= 11 is 0. The third kappa shape index (κ3) is 6.06. The molecule has 1 fully saturated rings. The highest BCUT2D eigenvalue weighted by atomic mass is 16.2. The summed E-state index contributed by atoms with van der Waals surface area (Å²) in [5, 5.41) is 3.38. The molecule has 0 aromatic rings. The topological polar surface area (TPSA) is 32.3 Å². The molecule has 1 rings (SSSR count). The molecule has 0 spiro atoms. The predicted octanol–water partition coefficient (Wildman–Crippen LogP) is 2.27. The van der Waals surface area contributed by atoms with Gasteiger partial charge < -0.3 is 10.2 Å². The fourth-order valence-corrected chi connectivity index (χ4v) is 2.26. The summed E-state index contributed by atoms with van der Waals surface area (Å²) < 4.78 is 0. The molecule has 0 radical (unpaired) electrons. The van der Waals surface area contributed by atoms with Crippen LogP contribution in [-0.4, -0.2) is 37.5 Å². The van der Waals surface area contributed by atoms with Gasteiger partial charge in [-0.05, 0) is 43.7 Å². The first-order chi connectivity index (χ1) is 7.88. The van der Waals surface area contributed by atoms with E-state index in [9.17, 15) is 4.79 Å². The number of piperidine rings is 1. The second-order valence-electron chi connectivity index (χ2n) is 6.53. The lowest BCUT2D eigenvalue weighted by Crippen LogP contribution is -2.34. The molecule has 0 bridgehead atoms. The van der Waals surface area contributed by atoms with Crippen molar-refractivity contribution in [2.24, 2.45) is 11.3 Å². The molecule has 3 heteroatoms. The van der Waals surface area contributed by atoms with Crippen LogP contribution in [0, 0.1) is 11.3 Å². The highest BCUT2D eigenvalue weighted by Crippen LogP contribution is 2.20. The number of hydrogen-bond donors (Lipinski definition) is 1. The zero-order valence-corrected chi connectivity index (χ0v) is 11.9. The molecule has 0 aliphatic carbocycles. The molecule has 1 N–H and O–H groups in total. The molecule has 0 aromatic heterocycles. The second-order valence-corrected chi connectivity index (χ2v) is 6.53. The smallest absolute Gasteiger partial charge is 0.222 e. The number of nitrogens with one attached hydrogen (secondary N) is 1. The maximum Gasteiger partial charge on any atom is 0.222 e. The molecule has 0 unspecified atom stereocenters. The second kappa shape index (κ2) is 6.39. The summed E-state index contributed by atoms with van der Waals surface area (Å²) in [6.07, 6.45) is 4.34. The van der Waals surface area contributed by atoms with Gasteiger partial charge in [-0.25, -0.2) is 0 Å². The van der Waals surface area contributed by atoms with Crippen LogP contribution in [0.1, 0.15) is 46.5 Å². The van der Waals surface area contributed by atoms with Crippen molar-refractivity contribution < 1.29 is 4.79 Å². The van der Waals surface area contributed by atoms with Crippen LogP contribution in [0.25, 0.3) is 0 Å². The first-order valence-electron chi connectivity index (χ1n) is 6.83. The van der Waals surface area contributed by atoms with Gasteiger partial charge in [0, 0.05) is 20.0 Å². The van der Waals surface area contributed by atoms with Crippen LogP contribution in [0.2, 0.25) is 0 Å². The third-order valence-corrected chi connectivity index (χ3v) is 3.44. The Kier molecular flexibility index (Phi) is 5.44. The summed E-state index contributed by atoms with van der Waals surface area (Å²) in [6, 6.07) is 0. The van der Waals surface area contributed by atoms with E-state index in [4.69, 9.17) is 0 Å². The Morgan fingerprint density at radius 1 is 1.29 bits per heavy atom. The molecule has 17 heavy (non-hydrogen) atoms. The predicted molar refractivity (Wildman–Crippen MR) is 71.9 cm³/mol. The molecular formula is C14H28N2O. The third-order valence-electron chi connectivity index (χ3n) is 3.44. The Labute approximate surface area is 106 Å². The largest absolute Gasteiger partial charge is 0.346 e. The van der Waals surface area contributed by atoms with Gasteiger partial charge in [0.05, 0.1) is 0 Å². The summed E-state index contributed by atoms with van der Waals surface area (Å²) in [6.45, 7) is 9.55. The first kappa shape index (κ1) is 14.5. The van der Waals surface area contributed by atoms with Crippen LogP contribution in [0.3, 0.4) is 0 Å². The summed E-state index contributed by atoms with van der Waals surface area (Å²) in [5.74, 6) is 1.09. The van der Waals surface area contributed by atoms with E-state index in [0.29, 0.717) is 6.42 Å². The highest BCUT2D eigenvalue weighted by molar-refractivity contribution is 5.76. The molecule has 1 saturated heterocycles. The van der Waals surface area contributed by atoms with Crippen LogP contribution in [-0.2, 0) is 4.79 Å². The van der Waals surface area contributed by atoms with E-state index in [1.54, 1.807) is 0 Å². The number of carbonyl (C=O) groups excluding carboxylic acids is 1. The Hall–Kier alpha value is -0.570. The number of carbonyl (C=O) groups is 1. The van der Waals surface area contributed by atoms with Gasteiger partial charge in [-0.2, -0.15) is 0 Å². The molecule has 100 valence electrons. The lowest BCUT2D eigenvalue weighted by Gasteiger charge is -2.27. The van der Waals surface area contributed by atoms with Crippen LogP contribution >= 0.6 is 0 Å². The Morgan fingerprint density at radius 3 is 2.41 bits per heavy atom. The molecule has 1 aliphatic rings. The first-order valence-corrected chi connectivity index (χ1v) is 6.83. The molecule has 0 atom stereocenters. The van der Waals surface area contributed by atoms with Gasteiger partial charge in [0.2, 0.25) is 5.91 Å². The van der Waals surface area contributed by atoms with Gasteiger partial charge in [-0.1, -0.05) is 20.8 Å². The highest BCUT2D eigenvalue weighted by Gasteiger charge is 2.20. The number of amides is 1. The molecule has 0 saturated carbocycles. The maximum absolute atomic E-state index is 11.9. The fourth-order valence-electron chi connectivity index (χ4n) is 2.26. The Bertz CT molecular complexity index is 239. The van der Waals surface area contributed by atoms with Gasteiger partial charge in [-0.15, -0.1) is 0 Å². The quantitative estimate of drug-likeness (QED) is 0.817. The Balaban J connectivity index is 2.23. The summed E-state index contributed by atoms with van der Waals surface area (Å²) in [7, 11) is 1.94. The standard InChI is InChI=1S/C14H28N2O/c1-14(2,3)11-13(17)16(4)10-7-12-5-8-15-9-6-12/h12,15H,5-11H2,1-4H3. The summed E-state index contributed by atoms with van der Waals surface area (Å²) in [5.41, 5.74) is 0.0973. The zero-order chi connectivity index (χ0) is 12.9. The minimum Gasteiger partial charge on any atom is -0.346 e. The molecule has 1 amide bonds. The molecular weight excluding hydrogens is 212 g/mol. The van der Waals surface area contributed by atoms with Crippen molar-refractivity contribution in [3.8, 4) is 0 Å². The van der Waals surface area contributed by atoms with Crippen molar-refractivity contribution in [3.63, 3.8) is 0 Å². The number of nitrogens with zero attached hydrogens (tertiary/aromatic N) is 1. The van der Waals surface area contributed by atoms with Crippen LogP contribution in [0.4, 0.5) is 0 Å². The van der Waals surface area contributed by atoms with Crippen molar-refractivity contribution in [1.82, 2.24) is 10.2 Å². The van der Waals surface area contributed by atoms with Gasteiger partial charge in [0.15, 0.2) is 0 Å². The minimum atomic E-state index is 0.0973. The molecule has 3 nitrogen and oxygen atoms in total. The van der Waals surface area contributed by atoms with Gasteiger partial charge in [-0.3, -0.25) is 4.79 Å². The van der Waals surface area contributed by atoms with Crippen LogP contribution in [0.15, 0.2) is 0 Å². The van der Waals surface area contributed by atoms with Crippen molar-refractivity contribution >= 4 is 5.91 Å². The number of hydrogen-bond acceptors (Lipinski definition) is 2. The van der Waals surface area contributed by atoms with Crippen molar-refractivity contribution in [2.45, 2.75) is 46.5 Å². The lowest BCUT2D eigenvalue weighted by atomic mass is 9.91.